The lowest BCUT2D eigenvalue weighted by molar-refractivity contribution is -0.127. The van der Waals surface area contributed by atoms with E-state index in [1.165, 1.54) is 0 Å². The third-order valence-electron chi connectivity index (χ3n) is 3.40. The largest absolute Gasteiger partial charge is 0.480 e. The number of halogens is 1. The van der Waals surface area contributed by atoms with Crippen molar-refractivity contribution >= 4 is 23.3 Å². The summed E-state index contributed by atoms with van der Waals surface area (Å²) in [6, 6.07) is 13.7. The lowest BCUT2D eigenvalue weighted by Crippen LogP contribution is -2.36. The molecule has 0 heterocycles. The van der Waals surface area contributed by atoms with Crippen molar-refractivity contribution in [2.45, 2.75) is 19.4 Å². The number of carbonyl (C=O) groups excluding carboxylic acids is 2. The smallest absolute Gasteiger partial charge is 0.260 e. The van der Waals surface area contributed by atoms with Crippen LogP contribution in [0.3, 0.4) is 0 Å². The van der Waals surface area contributed by atoms with E-state index in [1.807, 2.05) is 13.0 Å². The molecule has 1 atom stereocenters. The molecule has 4 nitrogen and oxygen atoms in total. The zero-order chi connectivity index (χ0) is 16.8. The monoisotopic (exact) mass is 331 g/mol. The molecule has 1 N–H and O–H groups in total. The molecule has 1 unspecified atom stereocenters. The highest BCUT2D eigenvalue weighted by atomic mass is 35.5. The van der Waals surface area contributed by atoms with Crippen LogP contribution in [0.1, 0.15) is 29.3 Å². The molecule has 0 radical (unpaired) electrons. The van der Waals surface area contributed by atoms with Crippen molar-refractivity contribution < 1.29 is 14.3 Å². The zero-order valence-electron chi connectivity index (χ0n) is 13.0. The number of likely N-dealkylation sites (N-methyl/N-ethyl adjacent to an activating group) is 1. The minimum atomic E-state index is -0.663. The van der Waals surface area contributed by atoms with Crippen LogP contribution in [0.5, 0.6) is 5.75 Å². The van der Waals surface area contributed by atoms with Gasteiger partial charge in [0.05, 0.1) is 5.56 Å². The molecule has 23 heavy (non-hydrogen) atoms. The molecule has 5 heteroatoms. The van der Waals surface area contributed by atoms with Crippen LogP contribution < -0.4 is 10.1 Å². The quantitative estimate of drug-likeness (QED) is 0.824. The lowest BCUT2D eigenvalue weighted by Gasteiger charge is -2.18. The van der Waals surface area contributed by atoms with Gasteiger partial charge < -0.3 is 10.1 Å². The van der Waals surface area contributed by atoms with E-state index in [4.69, 9.17) is 16.3 Å². The van der Waals surface area contributed by atoms with Crippen LogP contribution in [-0.4, -0.2) is 24.8 Å². The highest BCUT2D eigenvalue weighted by Crippen LogP contribution is 2.27. The maximum atomic E-state index is 12.7. The fraction of sp³-hybridized carbons (Fsp3) is 0.222. The second kappa shape index (κ2) is 7.79. The summed E-state index contributed by atoms with van der Waals surface area (Å²) in [6.07, 6.45) is -0.176. The van der Waals surface area contributed by atoms with Gasteiger partial charge in [0.15, 0.2) is 11.9 Å². The summed E-state index contributed by atoms with van der Waals surface area (Å²) in [4.78, 5) is 24.5. The van der Waals surface area contributed by atoms with Crippen molar-refractivity contribution in [3.05, 3.63) is 64.7 Å². The fourth-order valence-corrected chi connectivity index (χ4v) is 2.34. The first-order valence-electron chi connectivity index (χ1n) is 7.34. The second-order valence-corrected chi connectivity index (χ2v) is 5.40. The third-order valence-corrected chi connectivity index (χ3v) is 3.64. The minimum Gasteiger partial charge on any atom is -0.480 e. The first-order valence-corrected chi connectivity index (χ1v) is 7.72. The number of carbonyl (C=O) groups is 2. The Morgan fingerprint density at radius 1 is 1.17 bits per heavy atom. The summed E-state index contributed by atoms with van der Waals surface area (Å²) in [5.41, 5.74) is 0.874. The topological polar surface area (TPSA) is 55.4 Å². The highest BCUT2D eigenvalue weighted by Gasteiger charge is 2.21. The van der Waals surface area contributed by atoms with E-state index in [9.17, 15) is 9.59 Å². The van der Waals surface area contributed by atoms with E-state index < -0.39 is 6.10 Å². The van der Waals surface area contributed by atoms with E-state index in [1.54, 1.807) is 49.5 Å². The fourth-order valence-electron chi connectivity index (χ4n) is 2.16. The first kappa shape index (κ1) is 17.0. The molecule has 0 aliphatic rings. The summed E-state index contributed by atoms with van der Waals surface area (Å²) < 4.78 is 5.75. The van der Waals surface area contributed by atoms with Gasteiger partial charge in [-0.3, -0.25) is 9.59 Å². The van der Waals surface area contributed by atoms with Gasteiger partial charge in [0.25, 0.3) is 5.91 Å². The van der Waals surface area contributed by atoms with Crippen LogP contribution in [0.2, 0.25) is 5.02 Å². The van der Waals surface area contributed by atoms with Crippen LogP contribution in [0.25, 0.3) is 0 Å². The molecule has 0 aliphatic heterocycles. The second-order valence-electron chi connectivity index (χ2n) is 4.96. The van der Waals surface area contributed by atoms with Gasteiger partial charge in [-0.25, -0.2) is 0 Å². The maximum Gasteiger partial charge on any atom is 0.260 e. The Kier molecular flexibility index (Phi) is 5.77. The molecule has 0 aliphatic carbocycles. The Labute approximate surface area is 140 Å². The average molecular weight is 332 g/mol. The molecule has 0 saturated carbocycles. The molecule has 0 spiro atoms. The van der Waals surface area contributed by atoms with Crippen LogP contribution in [0, 0.1) is 0 Å². The first-order chi connectivity index (χ1) is 11.1. The molecule has 0 bridgehead atoms. The Morgan fingerprint density at radius 3 is 2.48 bits per heavy atom. The Balaban J connectivity index is 2.38. The van der Waals surface area contributed by atoms with Crippen LogP contribution >= 0.6 is 11.6 Å². The van der Waals surface area contributed by atoms with Crippen molar-refractivity contribution in [2.75, 3.05) is 7.05 Å². The van der Waals surface area contributed by atoms with Crippen molar-refractivity contribution in [1.82, 2.24) is 5.32 Å². The van der Waals surface area contributed by atoms with Crippen molar-refractivity contribution in [2.24, 2.45) is 0 Å². The van der Waals surface area contributed by atoms with Gasteiger partial charge in [-0.15, -0.1) is 0 Å². The standard InChI is InChI=1S/C18H18ClNO3/c1-3-15(18(22)20-2)23-16-10-9-13(19)11-14(16)17(21)12-7-5-4-6-8-12/h4-11,15H,3H2,1-2H3,(H,20,22). The van der Waals surface area contributed by atoms with E-state index in [0.717, 1.165) is 0 Å². The van der Waals surface area contributed by atoms with Gasteiger partial charge in [-0.2, -0.15) is 0 Å². The summed E-state index contributed by atoms with van der Waals surface area (Å²) in [5.74, 6) is -0.0888. The number of rotatable bonds is 6. The predicted molar refractivity (Wildman–Crippen MR) is 90.1 cm³/mol. The molecule has 2 rings (SSSR count). The van der Waals surface area contributed by atoms with E-state index in [0.29, 0.717) is 28.3 Å². The zero-order valence-corrected chi connectivity index (χ0v) is 13.8. The van der Waals surface area contributed by atoms with E-state index >= 15 is 0 Å². The normalized spacial score (nSPS) is 11.6. The number of hydrogen-bond donors (Lipinski definition) is 1. The highest BCUT2D eigenvalue weighted by molar-refractivity contribution is 6.31. The van der Waals surface area contributed by atoms with Gasteiger partial charge in [0.2, 0.25) is 0 Å². The van der Waals surface area contributed by atoms with Crippen molar-refractivity contribution in [3.8, 4) is 5.75 Å². The van der Waals surface area contributed by atoms with Gasteiger partial charge in [0, 0.05) is 17.6 Å². The molecule has 0 fully saturated rings. The number of hydrogen-bond acceptors (Lipinski definition) is 3. The Morgan fingerprint density at radius 2 is 1.87 bits per heavy atom. The molecule has 0 saturated heterocycles. The molecule has 120 valence electrons. The van der Waals surface area contributed by atoms with E-state index in [-0.39, 0.29) is 11.7 Å². The summed E-state index contributed by atoms with van der Waals surface area (Å²) in [6.45, 7) is 1.84. The number of amides is 1. The number of nitrogens with one attached hydrogen (secondary N) is 1. The molecule has 1 amide bonds. The van der Waals surface area contributed by atoms with Crippen LogP contribution in [0.4, 0.5) is 0 Å². The van der Waals surface area contributed by atoms with Crippen molar-refractivity contribution in [3.63, 3.8) is 0 Å². The number of ether oxygens (including phenoxy) is 1. The minimum absolute atomic E-state index is 0.199. The van der Waals surface area contributed by atoms with Gasteiger partial charge >= 0.3 is 0 Å². The molecular weight excluding hydrogens is 314 g/mol. The average Bonchev–Trinajstić information content (AvgIpc) is 2.60. The van der Waals surface area contributed by atoms with Gasteiger partial charge in [-0.05, 0) is 24.6 Å². The summed E-state index contributed by atoms with van der Waals surface area (Å²) in [7, 11) is 1.55. The Hall–Kier alpha value is -2.33. The van der Waals surface area contributed by atoms with Crippen LogP contribution in [0.15, 0.2) is 48.5 Å². The predicted octanol–water partition coefficient (Wildman–Crippen LogP) is 3.47. The summed E-state index contributed by atoms with van der Waals surface area (Å²) in [5, 5.41) is 2.99. The third kappa shape index (κ3) is 4.11. The van der Waals surface area contributed by atoms with Crippen molar-refractivity contribution in [1.29, 1.82) is 0 Å². The number of ketones is 1. The van der Waals surface area contributed by atoms with Gasteiger partial charge in [-0.1, -0.05) is 48.9 Å². The van der Waals surface area contributed by atoms with E-state index in [2.05, 4.69) is 5.32 Å². The molecule has 2 aromatic carbocycles. The molecule has 2 aromatic rings. The summed E-state index contributed by atoms with van der Waals surface area (Å²) >= 11 is 6.02. The maximum absolute atomic E-state index is 12.7. The lowest BCUT2D eigenvalue weighted by atomic mass is 10.0. The Bertz CT molecular complexity index is 701. The number of benzene rings is 2. The molecule has 0 aromatic heterocycles. The SMILES string of the molecule is CCC(Oc1ccc(Cl)cc1C(=O)c1ccccc1)C(=O)NC. The van der Waals surface area contributed by atoms with Gasteiger partial charge in [0.1, 0.15) is 5.75 Å². The van der Waals surface area contributed by atoms with Crippen LogP contribution in [-0.2, 0) is 4.79 Å². The molecular formula is C18H18ClNO3.